The molecule has 1 heteroatoms. The van der Waals surface area contributed by atoms with E-state index in [2.05, 4.69) is 37.4 Å². The molecule has 1 aromatic carbocycles. The minimum Gasteiger partial charge on any atom is -0.144 e. The van der Waals surface area contributed by atoms with Crippen molar-refractivity contribution in [2.24, 2.45) is 0 Å². The quantitative estimate of drug-likeness (QED) is 0.556. The van der Waals surface area contributed by atoms with Crippen molar-refractivity contribution in [2.45, 2.75) is 13.8 Å². The van der Waals surface area contributed by atoms with Crippen molar-refractivity contribution in [3.05, 3.63) is 34.7 Å². The van der Waals surface area contributed by atoms with E-state index < -0.39 is 0 Å². The first-order valence-electron chi connectivity index (χ1n) is 3.72. The third kappa shape index (κ3) is 1.05. The van der Waals surface area contributed by atoms with Gasteiger partial charge in [0.15, 0.2) is 0 Å². The fraction of sp³-hybridized carbons (Fsp3) is 0.200. The maximum Gasteiger partial charge on any atom is 0.0345 e. The third-order valence-corrected chi connectivity index (χ3v) is 2.95. The standard InChI is InChI=1S/C10H10S/c1-7-5-9-3-4-11-10(9)6-8(7)2/h3-6H,1-2H3. The van der Waals surface area contributed by atoms with Gasteiger partial charge in [0.25, 0.3) is 0 Å². The van der Waals surface area contributed by atoms with Crippen molar-refractivity contribution in [3.63, 3.8) is 0 Å². The Bertz CT molecular complexity index is 349. The highest BCUT2D eigenvalue weighted by Gasteiger charge is 1.97. The van der Waals surface area contributed by atoms with Gasteiger partial charge in [0.1, 0.15) is 0 Å². The van der Waals surface area contributed by atoms with E-state index in [1.54, 1.807) is 0 Å². The smallest absolute Gasteiger partial charge is 0.0345 e. The molecule has 1 aromatic heterocycles. The summed E-state index contributed by atoms with van der Waals surface area (Å²) in [6.07, 6.45) is 0. The lowest BCUT2D eigenvalue weighted by atomic mass is 10.1. The average Bonchev–Trinajstić information content (AvgIpc) is 2.36. The Morgan fingerprint density at radius 3 is 2.64 bits per heavy atom. The van der Waals surface area contributed by atoms with Gasteiger partial charge in [0.2, 0.25) is 0 Å². The van der Waals surface area contributed by atoms with Gasteiger partial charge in [-0.05, 0) is 47.9 Å². The van der Waals surface area contributed by atoms with Crippen molar-refractivity contribution in [1.82, 2.24) is 0 Å². The fourth-order valence-corrected chi connectivity index (χ4v) is 2.09. The fourth-order valence-electron chi connectivity index (χ4n) is 1.22. The molecule has 0 atom stereocenters. The first-order chi connectivity index (χ1) is 5.27. The lowest BCUT2D eigenvalue weighted by Crippen LogP contribution is -1.77. The first kappa shape index (κ1) is 6.86. The molecule has 2 aromatic rings. The summed E-state index contributed by atoms with van der Waals surface area (Å²) < 4.78 is 1.40. The van der Waals surface area contributed by atoms with Crippen LogP contribution in [0.25, 0.3) is 10.1 Å². The molecule has 0 radical (unpaired) electrons. The number of benzene rings is 1. The Labute approximate surface area is 70.5 Å². The molecule has 2 rings (SSSR count). The van der Waals surface area contributed by atoms with E-state index >= 15 is 0 Å². The largest absolute Gasteiger partial charge is 0.144 e. The molecule has 11 heavy (non-hydrogen) atoms. The molecule has 56 valence electrons. The second-order valence-electron chi connectivity index (χ2n) is 2.89. The summed E-state index contributed by atoms with van der Waals surface area (Å²) in [4.78, 5) is 0. The third-order valence-electron chi connectivity index (χ3n) is 2.07. The molecule has 0 bridgehead atoms. The number of fused-ring (bicyclic) bond motifs is 1. The van der Waals surface area contributed by atoms with Crippen LogP contribution < -0.4 is 0 Å². The van der Waals surface area contributed by atoms with Gasteiger partial charge < -0.3 is 0 Å². The number of thiophene rings is 1. The topological polar surface area (TPSA) is 0 Å². The molecule has 0 aliphatic carbocycles. The van der Waals surface area contributed by atoms with Gasteiger partial charge in [-0.15, -0.1) is 11.3 Å². The molecule has 0 fully saturated rings. The van der Waals surface area contributed by atoms with Crippen LogP contribution >= 0.6 is 11.3 Å². The van der Waals surface area contributed by atoms with Crippen molar-refractivity contribution < 1.29 is 0 Å². The molecule has 0 spiro atoms. The molecule has 0 saturated heterocycles. The van der Waals surface area contributed by atoms with E-state index in [1.165, 1.54) is 21.2 Å². The first-order valence-corrected chi connectivity index (χ1v) is 4.60. The molecule has 0 N–H and O–H groups in total. The summed E-state index contributed by atoms with van der Waals surface area (Å²) in [5.41, 5.74) is 2.77. The molecular formula is C10H10S. The van der Waals surface area contributed by atoms with Crippen LogP contribution in [-0.4, -0.2) is 0 Å². The molecule has 0 amide bonds. The normalized spacial score (nSPS) is 10.7. The predicted octanol–water partition coefficient (Wildman–Crippen LogP) is 3.52. The molecule has 0 unspecified atom stereocenters. The van der Waals surface area contributed by atoms with Gasteiger partial charge in [-0.2, -0.15) is 0 Å². The Kier molecular flexibility index (Phi) is 1.46. The highest BCUT2D eigenvalue weighted by molar-refractivity contribution is 7.17. The lowest BCUT2D eigenvalue weighted by molar-refractivity contribution is 1.37. The van der Waals surface area contributed by atoms with Crippen molar-refractivity contribution >= 4 is 21.4 Å². The molecule has 0 aliphatic heterocycles. The zero-order valence-electron chi connectivity index (χ0n) is 6.72. The molecule has 0 saturated carbocycles. The van der Waals surface area contributed by atoms with Gasteiger partial charge >= 0.3 is 0 Å². The minimum absolute atomic E-state index is 1.37. The summed E-state index contributed by atoms with van der Waals surface area (Å²) >= 11 is 1.81. The summed E-state index contributed by atoms with van der Waals surface area (Å²) in [6, 6.07) is 6.68. The Morgan fingerprint density at radius 2 is 1.82 bits per heavy atom. The van der Waals surface area contributed by atoms with Crippen LogP contribution in [0.5, 0.6) is 0 Å². The molecule has 0 aliphatic rings. The van der Waals surface area contributed by atoms with E-state index in [4.69, 9.17) is 0 Å². The Hall–Kier alpha value is -0.820. The van der Waals surface area contributed by atoms with Gasteiger partial charge in [0, 0.05) is 4.70 Å². The lowest BCUT2D eigenvalue weighted by Gasteiger charge is -1.98. The van der Waals surface area contributed by atoms with Crippen LogP contribution in [0.4, 0.5) is 0 Å². The van der Waals surface area contributed by atoms with Crippen LogP contribution in [0.1, 0.15) is 11.1 Å². The van der Waals surface area contributed by atoms with Gasteiger partial charge in [0.05, 0.1) is 0 Å². The minimum atomic E-state index is 1.37. The highest BCUT2D eigenvalue weighted by Crippen LogP contribution is 2.23. The van der Waals surface area contributed by atoms with Crippen LogP contribution in [0.2, 0.25) is 0 Å². The number of aryl methyl sites for hydroxylation is 2. The van der Waals surface area contributed by atoms with Gasteiger partial charge in [-0.3, -0.25) is 0 Å². The maximum atomic E-state index is 2.26. The molecular weight excluding hydrogens is 152 g/mol. The van der Waals surface area contributed by atoms with E-state index in [0.29, 0.717) is 0 Å². The summed E-state index contributed by atoms with van der Waals surface area (Å²) in [6.45, 7) is 4.32. The zero-order chi connectivity index (χ0) is 7.84. The Balaban J connectivity index is 2.86. The average molecular weight is 162 g/mol. The van der Waals surface area contributed by atoms with Crippen LogP contribution in [-0.2, 0) is 0 Å². The highest BCUT2D eigenvalue weighted by atomic mass is 32.1. The Morgan fingerprint density at radius 1 is 1.09 bits per heavy atom. The van der Waals surface area contributed by atoms with Crippen LogP contribution in [0, 0.1) is 13.8 Å². The number of hydrogen-bond donors (Lipinski definition) is 0. The van der Waals surface area contributed by atoms with Gasteiger partial charge in [-0.25, -0.2) is 0 Å². The van der Waals surface area contributed by atoms with Crippen molar-refractivity contribution in [1.29, 1.82) is 0 Å². The molecule has 1 heterocycles. The van der Waals surface area contributed by atoms with Crippen LogP contribution in [0.3, 0.4) is 0 Å². The second kappa shape index (κ2) is 2.35. The van der Waals surface area contributed by atoms with E-state index in [0.717, 1.165) is 0 Å². The van der Waals surface area contributed by atoms with Crippen LogP contribution in [0.15, 0.2) is 23.6 Å². The second-order valence-corrected chi connectivity index (χ2v) is 3.84. The van der Waals surface area contributed by atoms with E-state index in [-0.39, 0.29) is 0 Å². The SMILES string of the molecule is Cc1cc2ccsc2cc1C. The number of hydrogen-bond acceptors (Lipinski definition) is 1. The van der Waals surface area contributed by atoms with E-state index in [9.17, 15) is 0 Å². The number of rotatable bonds is 0. The summed E-state index contributed by atoms with van der Waals surface area (Å²) in [5.74, 6) is 0. The monoisotopic (exact) mass is 162 g/mol. The maximum absolute atomic E-state index is 2.26. The van der Waals surface area contributed by atoms with E-state index in [1.807, 2.05) is 11.3 Å². The predicted molar refractivity (Wildman–Crippen MR) is 51.3 cm³/mol. The summed E-state index contributed by atoms with van der Waals surface area (Å²) in [7, 11) is 0. The van der Waals surface area contributed by atoms with Crippen molar-refractivity contribution in [3.8, 4) is 0 Å². The van der Waals surface area contributed by atoms with Gasteiger partial charge in [-0.1, -0.05) is 6.07 Å². The molecule has 0 nitrogen and oxygen atoms in total. The summed E-state index contributed by atoms with van der Waals surface area (Å²) in [5, 5.41) is 3.52. The zero-order valence-corrected chi connectivity index (χ0v) is 7.53. The van der Waals surface area contributed by atoms with Crippen molar-refractivity contribution in [2.75, 3.05) is 0 Å².